The van der Waals surface area contributed by atoms with Crippen molar-refractivity contribution in [2.45, 2.75) is 12.5 Å². The van der Waals surface area contributed by atoms with E-state index in [1.165, 1.54) is 41.6 Å². The van der Waals surface area contributed by atoms with E-state index in [1.807, 2.05) is 0 Å². The highest BCUT2D eigenvalue weighted by molar-refractivity contribution is 6.10. The van der Waals surface area contributed by atoms with Crippen LogP contribution in [0.5, 0.6) is 28.7 Å². The lowest BCUT2D eigenvalue weighted by atomic mass is 10.0. The fourth-order valence-corrected chi connectivity index (χ4v) is 3.38. The number of hydrogen-bond donors (Lipinski definition) is 2. The number of aliphatic imine (C=N–C) groups is 1. The molecular weight excluding hydrogens is 418 g/mol. The molecule has 0 bridgehead atoms. The molecule has 0 saturated carbocycles. The molecule has 0 radical (unpaired) electrons. The van der Waals surface area contributed by atoms with Crippen LogP contribution < -0.4 is 34.3 Å². The van der Waals surface area contributed by atoms with E-state index in [0.29, 0.717) is 39.9 Å². The predicted octanol–water partition coefficient (Wildman–Crippen LogP) is 2.08. The zero-order valence-corrected chi connectivity index (χ0v) is 18.5. The highest BCUT2D eigenvalue weighted by atomic mass is 16.5. The molecule has 32 heavy (non-hydrogen) atoms. The second-order valence-electron chi connectivity index (χ2n) is 6.69. The summed E-state index contributed by atoms with van der Waals surface area (Å²) in [4.78, 5) is 29.6. The summed E-state index contributed by atoms with van der Waals surface area (Å²) in [5, 5.41) is 5.21. The Bertz CT molecular complexity index is 1050. The second kappa shape index (κ2) is 9.90. The van der Waals surface area contributed by atoms with E-state index >= 15 is 0 Å². The topological polar surface area (TPSA) is 117 Å². The van der Waals surface area contributed by atoms with Gasteiger partial charge in [0.15, 0.2) is 23.0 Å². The number of ether oxygens (including phenoxy) is 5. The first kappa shape index (κ1) is 22.7. The van der Waals surface area contributed by atoms with Crippen molar-refractivity contribution in [2.24, 2.45) is 4.99 Å². The van der Waals surface area contributed by atoms with Crippen molar-refractivity contribution in [3.05, 3.63) is 41.5 Å². The molecule has 1 atom stereocenters. The van der Waals surface area contributed by atoms with Crippen LogP contribution in [0.4, 0.5) is 0 Å². The quantitative estimate of drug-likeness (QED) is 0.673. The van der Waals surface area contributed by atoms with Gasteiger partial charge in [-0.1, -0.05) is 0 Å². The number of hydrogen-bond acceptors (Lipinski definition) is 8. The highest BCUT2D eigenvalue weighted by Crippen LogP contribution is 2.44. The zero-order valence-electron chi connectivity index (χ0n) is 18.5. The molecule has 0 aromatic heterocycles. The lowest BCUT2D eigenvalue weighted by molar-refractivity contribution is -0.120. The van der Waals surface area contributed by atoms with Gasteiger partial charge in [0, 0.05) is 11.1 Å². The minimum Gasteiger partial charge on any atom is -0.493 e. The van der Waals surface area contributed by atoms with Crippen LogP contribution in [0, 0.1) is 0 Å². The second-order valence-corrected chi connectivity index (χ2v) is 6.69. The molecule has 0 aliphatic carbocycles. The number of nitrogens with zero attached hydrogens (tertiary/aromatic N) is 1. The highest BCUT2D eigenvalue weighted by Gasteiger charge is 2.28. The van der Waals surface area contributed by atoms with Crippen molar-refractivity contribution in [3.63, 3.8) is 0 Å². The van der Waals surface area contributed by atoms with Crippen molar-refractivity contribution in [1.82, 2.24) is 10.6 Å². The molecule has 10 nitrogen and oxygen atoms in total. The molecule has 2 aromatic rings. The maximum absolute atomic E-state index is 12.7. The molecule has 2 amide bonds. The van der Waals surface area contributed by atoms with Crippen LogP contribution in [0.15, 0.2) is 35.3 Å². The maximum atomic E-state index is 12.7. The molecule has 1 unspecified atom stereocenters. The number of nitrogens with one attached hydrogen (secondary N) is 2. The minimum atomic E-state index is -0.598. The van der Waals surface area contributed by atoms with Crippen molar-refractivity contribution in [3.8, 4) is 28.7 Å². The summed E-state index contributed by atoms with van der Waals surface area (Å²) in [6.45, 7) is 0. The summed E-state index contributed by atoms with van der Waals surface area (Å²) in [5.74, 6) is 1.44. The molecule has 1 aliphatic heterocycles. The number of carbonyl (C=O) groups is 2. The van der Waals surface area contributed by atoms with E-state index in [9.17, 15) is 9.59 Å². The Morgan fingerprint density at radius 3 is 2.19 bits per heavy atom. The summed E-state index contributed by atoms with van der Waals surface area (Å²) < 4.78 is 26.7. The summed E-state index contributed by atoms with van der Waals surface area (Å²) in [6, 6.07) is 7.60. The van der Waals surface area contributed by atoms with Crippen LogP contribution in [0.3, 0.4) is 0 Å². The summed E-state index contributed by atoms with van der Waals surface area (Å²) in [6.07, 6.45) is 0.0710. The van der Waals surface area contributed by atoms with E-state index in [4.69, 9.17) is 23.7 Å². The lowest BCUT2D eigenvalue weighted by Crippen LogP contribution is -2.47. The Balaban J connectivity index is 1.90. The van der Waals surface area contributed by atoms with Gasteiger partial charge in [-0.05, 0) is 30.3 Å². The average Bonchev–Trinajstić information content (AvgIpc) is 2.81. The van der Waals surface area contributed by atoms with Crippen LogP contribution in [0.2, 0.25) is 0 Å². The van der Waals surface area contributed by atoms with Gasteiger partial charge in [-0.3, -0.25) is 20.2 Å². The minimum absolute atomic E-state index is 0.0304. The average molecular weight is 443 g/mol. The molecule has 1 heterocycles. The molecule has 0 fully saturated rings. The van der Waals surface area contributed by atoms with Gasteiger partial charge in [0.1, 0.15) is 0 Å². The third-order valence-electron chi connectivity index (χ3n) is 4.89. The third kappa shape index (κ3) is 4.53. The van der Waals surface area contributed by atoms with E-state index in [1.54, 1.807) is 24.3 Å². The SMILES string of the molecule is COc1ccc(C(=O)NC2=NC(c3ccc(OC)c(OC)c3OC)CC(=O)N2)cc1OC. The van der Waals surface area contributed by atoms with E-state index in [-0.39, 0.29) is 18.3 Å². The molecular formula is C22H25N3O7. The van der Waals surface area contributed by atoms with Gasteiger partial charge in [-0.15, -0.1) is 0 Å². The molecule has 2 aromatic carbocycles. The Morgan fingerprint density at radius 1 is 0.906 bits per heavy atom. The van der Waals surface area contributed by atoms with Gasteiger partial charge in [0.25, 0.3) is 5.91 Å². The first-order chi connectivity index (χ1) is 15.4. The van der Waals surface area contributed by atoms with Crippen molar-refractivity contribution in [2.75, 3.05) is 35.5 Å². The van der Waals surface area contributed by atoms with Gasteiger partial charge < -0.3 is 23.7 Å². The van der Waals surface area contributed by atoms with Crippen molar-refractivity contribution in [1.29, 1.82) is 0 Å². The summed E-state index contributed by atoms with van der Waals surface area (Å²) in [5.41, 5.74) is 0.934. The van der Waals surface area contributed by atoms with Crippen LogP contribution in [0.1, 0.15) is 28.4 Å². The van der Waals surface area contributed by atoms with Crippen molar-refractivity contribution >= 4 is 17.8 Å². The summed E-state index contributed by atoms with van der Waals surface area (Å²) in [7, 11) is 7.49. The van der Waals surface area contributed by atoms with Crippen LogP contribution in [0.25, 0.3) is 0 Å². The number of amides is 2. The molecule has 0 spiro atoms. The predicted molar refractivity (Wildman–Crippen MR) is 116 cm³/mol. The van der Waals surface area contributed by atoms with Gasteiger partial charge in [0.2, 0.25) is 17.6 Å². The van der Waals surface area contributed by atoms with Gasteiger partial charge in [-0.2, -0.15) is 0 Å². The monoisotopic (exact) mass is 443 g/mol. The fraction of sp³-hybridized carbons (Fsp3) is 0.318. The molecule has 170 valence electrons. The van der Waals surface area contributed by atoms with E-state index < -0.39 is 11.9 Å². The third-order valence-corrected chi connectivity index (χ3v) is 4.89. The van der Waals surface area contributed by atoms with E-state index in [0.717, 1.165) is 0 Å². The fourth-order valence-electron chi connectivity index (χ4n) is 3.38. The van der Waals surface area contributed by atoms with Crippen LogP contribution in [-0.4, -0.2) is 53.3 Å². The number of methoxy groups -OCH3 is 5. The van der Waals surface area contributed by atoms with Crippen LogP contribution >= 0.6 is 0 Å². The Labute approximate surface area is 185 Å². The first-order valence-electron chi connectivity index (χ1n) is 9.65. The smallest absolute Gasteiger partial charge is 0.258 e. The molecule has 3 rings (SSSR count). The van der Waals surface area contributed by atoms with Gasteiger partial charge in [-0.25, -0.2) is 4.99 Å². The normalized spacial score (nSPS) is 15.2. The number of rotatable bonds is 7. The molecule has 10 heteroatoms. The molecule has 0 saturated heterocycles. The first-order valence-corrected chi connectivity index (χ1v) is 9.65. The number of guanidine groups is 1. The Hall–Kier alpha value is -3.95. The maximum Gasteiger partial charge on any atom is 0.258 e. The number of benzene rings is 2. The van der Waals surface area contributed by atoms with Gasteiger partial charge >= 0.3 is 0 Å². The van der Waals surface area contributed by atoms with Crippen LogP contribution in [-0.2, 0) is 4.79 Å². The van der Waals surface area contributed by atoms with Gasteiger partial charge in [0.05, 0.1) is 48.0 Å². The standard InChI is InChI=1S/C22H25N3O7/c1-28-15-8-6-12(10-17(15)30-3)21(27)25-22-23-14(11-18(26)24-22)13-7-9-16(29-2)20(32-5)19(13)31-4/h6-10,14H,11H2,1-5H3,(H2,23,24,25,26,27). The molecule has 1 aliphatic rings. The van der Waals surface area contributed by atoms with E-state index in [2.05, 4.69) is 15.6 Å². The zero-order chi connectivity index (χ0) is 23.3. The number of carbonyl (C=O) groups excluding carboxylic acids is 2. The van der Waals surface area contributed by atoms with Crippen molar-refractivity contribution < 1.29 is 33.3 Å². The summed E-state index contributed by atoms with van der Waals surface area (Å²) >= 11 is 0. The Kier molecular flexibility index (Phi) is 7.04. The Morgan fingerprint density at radius 2 is 1.56 bits per heavy atom. The largest absolute Gasteiger partial charge is 0.493 e. The molecule has 2 N–H and O–H groups in total. The lowest BCUT2D eigenvalue weighted by Gasteiger charge is -2.24.